The highest BCUT2D eigenvalue weighted by Crippen LogP contribution is 2.40. The molecule has 218 valence electrons. The molecule has 2 fully saturated rings. The monoisotopic (exact) mass is 593 g/mol. The topological polar surface area (TPSA) is 89.3 Å². The van der Waals surface area contributed by atoms with Gasteiger partial charge in [0.1, 0.15) is 28.9 Å². The first-order valence-electron chi connectivity index (χ1n) is 13.7. The number of pyridine rings is 3. The third-order valence-electron chi connectivity index (χ3n) is 8.09. The summed E-state index contributed by atoms with van der Waals surface area (Å²) in [6, 6.07) is 5.92. The van der Waals surface area contributed by atoms with E-state index in [1.165, 1.54) is 4.57 Å². The van der Waals surface area contributed by atoms with E-state index in [9.17, 15) is 13.6 Å². The van der Waals surface area contributed by atoms with E-state index in [2.05, 4.69) is 31.8 Å². The van der Waals surface area contributed by atoms with E-state index < -0.39 is 17.2 Å². The van der Waals surface area contributed by atoms with Crippen molar-refractivity contribution < 1.29 is 13.5 Å². The van der Waals surface area contributed by atoms with E-state index in [-0.39, 0.29) is 23.1 Å². The largest absolute Gasteiger partial charge is 0.485 e. The highest BCUT2D eigenvalue weighted by Gasteiger charge is 2.43. The fourth-order valence-corrected chi connectivity index (χ4v) is 6.11. The van der Waals surface area contributed by atoms with Crippen LogP contribution in [0.5, 0.6) is 5.75 Å². The highest BCUT2D eigenvalue weighted by atomic mass is 35.5. The van der Waals surface area contributed by atoms with Gasteiger partial charge in [0.2, 0.25) is 5.95 Å². The Morgan fingerprint density at radius 1 is 1.02 bits per heavy atom. The standard InChI is InChI=1S/C30H30ClF2N7O2/c1-18-13-35-23(22-4-7-34-29(37-22)39-8-5-30(6-9-39)16-38(3)17-30)12-25(18)40-19(2)10-26(27(31)28(40)41)42-15-24-21(33)11-20(32)14-36-24/h4,7,10-14H,5-6,8-9,15-17H2,1-3H3. The fourth-order valence-electron chi connectivity index (χ4n) is 5.91. The third kappa shape index (κ3) is 5.34. The number of aromatic nitrogens is 5. The molecular formula is C30H30ClF2N7O2. The molecule has 0 N–H and O–H groups in total. The second-order valence-electron chi connectivity index (χ2n) is 11.2. The minimum absolute atomic E-state index is 0.0742. The van der Waals surface area contributed by atoms with Crippen LogP contribution < -0.4 is 15.2 Å². The second-order valence-corrected chi connectivity index (χ2v) is 11.6. The van der Waals surface area contributed by atoms with Gasteiger partial charge in [-0.05, 0) is 56.8 Å². The van der Waals surface area contributed by atoms with Gasteiger partial charge in [-0.1, -0.05) is 11.6 Å². The van der Waals surface area contributed by atoms with E-state index in [0.717, 1.165) is 56.8 Å². The summed E-state index contributed by atoms with van der Waals surface area (Å²) < 4.78 is 34.3. The average molecular weight is 594 g/mol. The van der Waals surface area contributed by atoms with Crippen LogP contribution in [0.15, 0.2) is 47.7 Å². The van der Waals surface area contributed by atoms with Crippen LogP contribution in [0.3, 0.4) is 0 Å². The van der Waals surface area contributed by atoms with Crippen molar-refractivity contribution in [1.29, 1.82) is 0 Å². The first-order valence-corrected chi connectivity index (χ1v) is 14.1. The predicted molar refractivity (Wildman–Crippen MR) is 155 cm³/mol. The van der Waals surface area contributed by atoms with E-state index in [1.54, 1.807) is 37.5 Å². The van der Waals surface area contributed by atoms with Crippen molar-refractivity contribution in [2.45, 2.75) is 33.3 Å². The molecule has 4 aromatic rings. The Morgan fingerprint density at radius 2 is 1.79 bits per heavy atom. The number of nitrogens with zero attached hydrogens (tertiary/aromatic N) is 7. The van der Waals surface area contributed by atoms with Gasteiger partial charge in [0.15, 0.2) is 5.82 Å². The van der Waals surface area contributed by atoms with E-state index in [0.29, 0.717) is 34.1 Å². The van der Waals surface area contributed by atoms with Gasteiger partial charge >= 0.3 is 0 Å². The summed E-state index contributed by atoms with van der Waals surface area (Å²) in [7, 11) is 2.16. The molecule has 1 spiro atoms. The second kappa shape index (κ2) is 11.0. The molecule has 4 aromatic heterocycles. The van der Waals surface area contributed by atoms with E-state index >= 15 is 0 Å². The molecule has 9 nitrogen and oxygen atoms in total. The SMILES string of the molecule is Cc1cnc(-c2ccnc(N3CCC4(CC3)CN(C)C4)n2)cc1-n1c(C)cc(OCc2ncc(F)cc2F)c(Cl)c1=O. The minimum Gasteiger partial charge on any atom is -0.485 e. The van der Waals surface area contributed by atoms with Crippen LogP contribution in [-0.4, -0.2) is 62.6 Å². The van der Waals surface area contributed by atoms with Crippen molar-refractivity contribution in [1.82, 2.24) is 29.4 Å². The maximum Gasteiger partial charge on any atom is 0.277 e. The number of halogens is 3. The highest BCUT2D eigenvalue weighted by molar-refractivity contribution is 6.31. The summed E-state index contributed by atoms with van der Waals surface area (Å²) in [5, 5.41) is -0.175. The molecule has 2 saturated heterocycles. The van der Waals surface area contributed by atoms with Crippen LogP contribution in [0, 0.1) is 30.9 Å². The number of hydrogen-bond donors (Lipinski definition) is 0. The number of ether oxygens (including phenoxy) is 1. The molecular weight excluding hydrogens is 564 g/mol. The first-order chi connectivity index (χ1) is 20.1. The Hall–Kier alpha value is -3.96. The Labute approximate surface area is 246 Å². The van der Waals surface area contributed by atoms with Crippen molar-refractivity contribution in [2.24, 2.45) is 5.41 Å². The summed E-state index contributed by atoms with van der Waals surface area (Å²) in [6.07, 6.45) is 6.56. The van der Waals surface area contributed by atoms with Gasteiger partial charge in [-0.3, -0.25) is 19.3 Å². The molecule has 0 radical (unpaired) electrons. The lowest BCUT2D eigenvalue weighted by Crippen LogP contribution is -2.58. The summed E-state index contributed by atoms with van der Waals surface area (Å²) in [4.78, 5) is 35.7. The van der Waals surface area contributed by atoms with Crippen molar-refractivity contribution >= 4 is 17.5 Å². The van der Waals surface area contributed by atoms with Crippen LogP contribution in [0.25, 0.3) is 17.1 Å². The minimum atomic E-state index is -0.848. The Morgan fingerprint density at radius 3 is 2.50 bits per heavy atom. The van der Waals surface area contributed by atoms with Crippen LogP contribution in [0.1, 0.15) is 29.8 Å². The number of likely N-dealkylation sites (tertiary alicyclic amines) is 1. The van der Waals surface area contributed by atoms with Crippen LogP contribution >= 0.6 is 11.6 Å². The zero-order chi connectivity index (χ0) is 29.6. The molecule has 0 aliphatic carbocycles. The van der Waals surface area contributed by atoms with Gasteiger partial charge in [-0.25, -0.2) is 18.7 Å². The summed E-state index contributed by atoms with van der Waals surface area (Å²) in [5.41, 5.74) is 2.95. The molecule has 0 amide bonds. The Kier molecular flexibility index (Phi) is 7.40. The van der Waals surface area contributed by atoms with Crippen molar-refractivity contribution in [3.8, 4) is 22.8 Å². The molecule has 0 unspecified atom stereocenters. The summed E-state index contributed by atoms with van der Waals surface area (Å²) in [6.45, 7) is 7.40. The zero-order valence-electron chi connectivity index (χ0n) is 23.6. The maximum atomic E-state index is 14.0. The predicted octanol–water partition coefficient (Wildman–Crippen LogP) is 4.74. The van der Waals surface area contributed by atoms with Gasteiger partial charge in [-0.2, -0.15) is 0 Å². The molecule has 42 heavy (non-hydrogen) atoms. The van der Waals surface area contributed by atoms with Crippen molar-refractivity contribution in [2.75, 3.05) is 38.1 Å². The number of hydrogen-bond acceptors (Lipinski definition) is 8. The zero-order valence-corrected chi connectivity index (χ0v) is 24.3. The average Bonchev–Trinajstić information content (AvgIpc) is 2.96. The molecule has 2 aliphatic heterocycles. The number of rotatable bonds is 6. The van der Waals surface area contributed by atoms with Gasteiger partial charge in [0, 0.05) is 56.4 Å². The molecule has 2 aliphatic rings. The first kappa shape index (κ1) is 28.2. The molecule has 0 atom stereocenters. The molecule has 6 heterocycles. The Balaban J connectivity index is 1.26. The van der Waals surface area contributed by atoms with Crippen molar-refractivity contribution in [3.63, 3.8) is 0 Å². The van der Waals surface area contributed by atoms with Gasteiger partial charge in [-0.15, -0.1) is 0 Å². The lowest BCUT2D eigenvalue weighted by Gasteiger charge is -2.52. The summed E-state index contributed by atoms with van der Waals surface area (Å²) in [5.74, 6) is -0.895. The lowest BCUT2D eigenvalue weighted by molar-refractivity contribution is 0.00111. The van der Waals surface area contributed by atoms with Gasteiger partial charge in [0.05, 0.1) is 23.3 Å². The fraction of sp³-hybridized carbons (Fsp3) is 0.367. The van der Waals surface area contributed by atoms with E-state index in [4.69, 9.17) is 21.3 Å². The molecule has 6 rings (SSSR count). The van der Waals surface area contributed by atoms with Gasteiger partial charge < -0.3 is 14.5 Å². The van der Waals surface area contributed by atoms with Crippen LogP contribution in [0.4, 0.5) is 14.7 Å². The van der Waals surface area contributed by atoms with Gasteiger partial charge in [0.25, 0.3) is 5.56 Å². The number of piperidine rings is 1. The quantitative estimate of drug-likeness (QED) is 0.317. The maximum absolute atomic E-state index is 14.0. The van der Waals surface area contributed by atoms with Crippen LogP contribution in [0.2, 0.25) is 5.02 Å². The number of aryl methyl sites for hydroxylation is 2. The number of anilines is 1. The normalized spacial score (nSPS) is 16.5. The molecule has 0 bridgehead atoms. The molecule has 0 aromatic carbocycles. The molecule has 12 heteroatoms. The van der Waals surface area contributed by atoms with Crippen LogP contribution in [-0.2, 0) is 6.61 Å². The summed E-state index contributed by atoms with van der Waals surface area (Å²) >= 11 is 6.43. The van der Waals surface area contributed by atoms with E-state index in [1.807, 2.05) is 6.92 Å². The smallest absolute Gasteiger partial charge is 0.277 e. The van der Waals surface area contributed by atoms with Crippen molar-refractivity contribution in [3.05, 3.63) is 86.8 Å². The molecule has 0 saturated carbocycles. The third-order valence-corrected chi connectivity index (χ3v) is 8.43. The Bertz CT molecular complexity index is 1710. The lowest BCUT2D eigenvalue weighted by atomic mass is 9.72.